The van der Waals surface area contributed by atoms with Gasteiger partial charge in [0.15, 0.2) is 0 Å². The van der Waals surface area contributed by atoms with E-state index in [-0.39, 0.29) is 41.4 Å². The predicted octanol–water partition coefficient (Wildman–Crippen LogP) is 2.81. The van der Waals surface area contributed by atoms with Crippen molar-refractivity contribution in [2.45, 2.75) is 56.4 Å². The number of hydrogen-bond donors (Lipinski definition) is 1. The molecule has 0 spiro atoms. The molecule has 1 heterocycles. The normalized spacial score (nSPS) is 27.7. The van der Waals surface area contributed by atoms with Gasteiger partial charge in [0.1, 0.15) is 0 Å². The third-order valence-corrected chi connectivity index (χ3v) is 9.50. The van der Waals surface area contributed by atoms with E-state index in [1.54, 1.807) is 12.1 Å². The van der Waals surface area contributed by atoms with Crippen molar-refractivity contribution < 1.29 is 22.7 Å². The van der Waals surface area contributed by atoms with Crippen LogP contribution in [0.1, 0.15) is 55.8 Å². The fourth-order valence-electron chi connectivity index (χ4n) is 5.82. The number of rotatable bonds is 6. The second-order valence-electron chi connectivity index (χ2n) is 9.30. The monoisotopic (exact) mass is 448 g/mol. The predicted molar refractivity (Wildman–Crippen MR) is 116 cm³/mol. The zero-order valence-corrected chi connectivity index (χ0v) is 19.1. The highest BCUT2D eigenvalue weighted by Gasteiger charge is 2.42. The highest BCUT2D eigenvalue weighted by atomic mass is 32.2. The molecule has 0 aromatic heterocycles. The molecule has 1 N–H and O–H groups in total. The SMILES string of the molecule is COC(=O)c1ccccc1S(=O)(=O)N1CCC(C(=O)N[C@H](C)[C@H]2C[C@H]3CC[C@H]2C3)CC1. The number of sulfonamides is 1. The highest BCUT2D eigenvalue weighted by Crippen LogP contribution is 2.49. The number of fused-ring (bicyclic) bond motifs is 2. The molecule has 3 aliphatic rings. The molecular formula is C23H32N2O5S. The molecule has 1 amide bonds. The van der Waals surface area contributed by atoms with E-state index in [9.17, 15) is 18.0 Å². The highest BCUT2D eigenvalue weighted by molar-refractivity contribution is 7.89. The average molecular weight is 449 g/mol. The lowest BCUT2D eigenvalue weighted by Crippen LogP contribution is -2.47. The molecule has 2 bridgehead atoms. The number of nitrogens with one attached hydrogen (secondary N) is 1. The van der Waals surface area contributed by atoms with E-state index in [1.807, 2.05) is 0 Å². The molecule has 4 atom stereocenters. The number of methoxy groups -OCH3 is 1. The van der Waals surface area contributed by atoms with E-state index in [0.717, 1.165) is 11.8 Å². The number of amides is 1. The summed E-state index contributed by atoms with van der Waals surface area (Å²) in [5, 5.41) is 3.23. The molecule has 31 heavy (non-hydrogen) atoms. The molecule has 1 aromatic carbocycles. The van der Waals surface area contributed by atoms with Crippen LogP contribution >= 0.6 is 0 Å². The quantitative estimate of drug-likeness (QED) is 0.676. The largest absolute Gasteiger partial charge is 0.465 e. The molecule has 0 unspecified atom stereocenters. The van der Waals surface area contributed by atoms with Crippen LogP contribution in [-0.4, -0.2) is 50.8 Å². The minimum Gasteiger partial charge on any atom is -0.465 e. The van der Waals surface area contributed by atoms with Gasteiger partial charge in [-0.15, -0.1) is 0 Å². The minimum atomic E-state index is -3.84. The number of carbonyl (C=O) groups excluding carboxylic acids is 2. The Morgan fingerprint density at radius 2 is 1.81 bits per heavy atom. The lowest BCUT2D eigenvalue weighted by atomic mass is 9.83. The van der Waals surface area contributed by atoms with Crippen LogP contribution in [0.5, 0.6) is 0 Å². The maximum Gasteiger partial charge on any atom is 0.339 e. The number of nitrogens with zero attached hydrogens (tertiary/aromatic N) is 1. The zero-order chi connectivity index (χ0) is 22.2. The Hall–Kier alpha value is -1.93. The molecule has 2 aliphatic carbocycles. The van der Waals surface area contributed by atoms with Gasteiger partial charge in [0, 0.05) is 25.0 Å². The van der Waals surface area contributed by atoms with E-state index in [0.29, 0.717) is 18.8 Å². The summed E-state index contributed by atoms with van der Waals surface area (Å²) in [4.78, 5) is 24.8. The van der Waals surface area contributed by atoms with Crippen molar-refractivity contribution >= 4 is 21.9 Å². The van der Waals surface area contributed by atoms with Crippen molar-refractivity contribution in [2.24, 2.45) is 23.7 Å². The third kappa shape index (κ3) is 4.37. The molecule has 4 rings (SSSR count). The molecule has 1 aliphatic heterocycles. The van der Waals surface area contributed by atoms with Gasteiger partial charge in [-0.1, -0.05) is 18.6 Å². The summed E-state index contributed by atoms with van der Waals surface area (Å²) >= 11 is 0. The first-order valence-electron chi connectivity index (χ1n) is 11.3. The van der Waals surface area contributed by atoms with E-state index >= 15 is 0 Å². The summed E-state index contributed by atoms with van der Waals surface area (Å²) in [6.07, 6.45) is 6.13. The Balaban J connectivity index is 1.36. The van der Waals surface area contributed by atoms with Crippen molar-refractivity contribution in [3.05, 3.63) is 29.8 Å². The van der Waals surface area contributed by atoms with E-state index in [2.05, 4.69) is 12.2 Å². The average Bonchev–Trinajstić information content (AvgIpc) is 3.42. The van der Waals surface area contributed by atoms with Gasteiger partial charge >= 0.3 is 5.97 Å². The standard InChI is InChI=1S/C23H32N2O5S/c1-15(20-14-16-7-8-18(20)13-16)24-22(26)17-9-11-25(12-10-17)31(28,29)21-6-4-3-5-19(21)23(27)30-2/h3-6,15-18,20H,7-14H2,1-2H3,(H,24,26)/t15-,16+,18+,20-/m1/s1. The van der Waals surface area contributed by atoms with Gasteiger partial charge in [0.05, 0.1) is 17.6 Å². The Morgan fingerprint density at radius 3 is 2.42 bits per heavy atom. The summed E-state index contributed by atoms with van der Waals surface area (Å²) in [6, 6.07) is 6.26. The molecule has 0 radical (unpaired) electrons. The van der Waals surface area contributed by atoms with Gasteiger partial charge in [-0.05, 0) is 68.9 Å². The van der Waals surface area contributed by atoms with Crippen molar-refractivity contribution in [1.29, 1.82) is 0 Å². The van der Waals surface area contributed by atoms with Crippen LogP contribution in [0.25, 0.3) is 0 Å². The number of ether oxygens (including phenoxy) is 1. The summed E-state index contributed by atoms with van der Waals surface area (Å²) in [7, 11) is -2.61. The Morgan fingerprint density at radius 1 is 1.10 bits per heavy atom. The second-order valence-corrected chi connectivity index (χ2v) is 11.2. The Kier molecular flexibility index (Phi) is 6.40. The molecule has 1 aromatic rings. The Bertz CT molecular complexity index is 939. The van der Waals surface area contributed by atoms with Crippen LogP contribution in [0, 0.1) is 23.7 Å². The summed E-state index contributed by atoms with van der Waals surface area (Å²) in [6.45, 7) is 2.64. The molecule has 170 valence electrons. The van der Waals surface area contributed by atoms with Gasteiger partial charge in [-0.2, -0.15) is 4.31 Å². The van der Waals surface area contributed by atoms with Gasteiger partial charge in [0.25, 0.3) is 0 Å². The van der Waals surface area contributed by atoms with Crippen molar-refractivity contribution in [2.75, 3.05) is 20.2 Å². The minimum absolute atomic E-state index is 0.0320. The van der Waals surface area contributed by atoms with Gasteiger partial charge in [-0.3, -0.25) is 4.79 Å². The van der Waals surface area contributed by atoms with Crippen molar-refractivity contribution in [3.8, 4) is 0 Å². The number of carbonyl (C=O) groups is 2. The van der Waals surface area contributed by atoms with Crippen LogP contribution in [0.4, 0.5) is 0 Å². The second kappa shape index (κ2) is 8.90. The smallest absolute Gasteiger partial charge is 0.339 e. The maximum atomic E-state index is 13.1. The van der Waals surface area contributed by atoms with Crippen LogP contribution in [0.3, 0.4) is 0 Å². The first-order chi connectivity index (χ1) is 14.8. The van der Waals surface area contributed by atoms with Crippen molar-refractivity contribution in [3.63, 3.8) is 0 Å². The number of piperidine rings is 1. The molecule has 3 fully saturated rings. The molecule has 1 saturated heterocycles. The number of hydrogen-bond acceptors (Lipinski definition) is 5. The Labute approximate surface area is 184 Å². The van der Waals surface area contributed by atoms with E-state index in [1.165, 1.54) is 49.2 Å². The summed E-state index contributed by atoms with van der Waals surface area (Å²) in [5.41, 5.74) is 0.0320. The first-order valence-corrected chi connectivity index (χ1v) is 12.7. The van der Waals surface area contributed by atoms with E-state index in [4.69, 9.17) is 4.74 Å². The fraction of sp³-hybridized carbons (Fsp3) is 0.652. The first kappa shape index (κ1) is 22.3. The van der Waals surface area contributed by atoms with Crippen LogP contribution in [0.2, 0.25) is 0 Å². The maximum absolute atomic E-state index is 13.1. The van der Waals surface area contributed by atoms with Crippen LogP contribution in [0.15, 0.2) is 29.2 Å². The molecular weight excluding hydrogens is 416 g/mol. The fourth-order valence-corrected chi connectivity index (χ4v) is 7.47. The number of benzene rings is 1. The van der Waals surface area contributed by atoms with Gasteiger partial charge in [-0.25, -0.2) is 13.2 Å². The molecule has 7 nitrogen and oxygen atoms in total. The number of esters is 1. The van der Waals surface area contributed by atoms with Crippen molar-refractivity contribution in [1.82, 2.24) is 9.62 Å². The van der Waals surface area contributed by atoms with Crippen LogP contribution < -0.4 is 5.32 Å². The topological polar surface area (TPSA) is 92.8 Å². The summed E-state index contributed by atoms with van der Waals surface area (Å²) in [5.74, 6) is 1.37. The zero-order valence-electron chi connectivity index (χ0n) is 18.2. The van der Waals surface area contributed by atoms with Gasteiger partial charge < -0.3 is 10.1 Å². The van der Waals surface area contributed by atoms with Gasteiger partial charge in [0.2, 0.25) is 15.9 Å². The van der Waals surface area contributed by atoms with Crippen LogP contribution in [-0.2, 0) is 19.6 Å². The summed E-state index contributed by atoms with van der Waals surface area (Å²) < 4.78 is 32.4. The van der Waals surface area contributed by atoms with E-state index < -0.39 is 16.0 Å². The molecule has 8 heteroatoms. The molecule has 2 saturated carbocycles. The lowest BCUT2D eigenvalue weighted by molar-refractivity contribution is -0.127. The lowest BCUT2D eigenvalue weighted by Gasteiger charge is -2.33. The third-order valence-electron chi connectivity index (χ3n) is 7.54.